The Bertz CT molecular complexity index is 268. The van der Waals surface area contributed by atoms with Crippen LogP contribution in [0.2, 0.25) is 0 Å². The lowest BCUT2D eigenvalue weighted by atomic mass is 10.2. The molecule has 2 rings (SSSR count). The zero-order chi connectivity index (χ0) is 8.39. The van der Waals surface area contributed by atoms with Crippen LogP contribution in [0.25, 0.3) is 0 Å². The van der Waals surface area contributed by atoms with Crippen LogP contribution < -0.4 is 0 Å². The van der Waals surface area contributed by atoms with E-state index < -0.39 is 0 Å². The SMILES string of the molecule is Cc1nccc(CN2CCC2)n1. The van der Waals surface area contributed by atoms with Crippen LogP contribution >= 0.6 is 0 Å². The molecule has 0 bridgehead atoms. The zero-order valence-electron chi connectivity index (χ0n) is 7.32. The van der Waals surface area contributed by atoms with Crippen molar-refractivity contribution in [1.82, 2.24) is 14.9 Å². The van der Waals surface area contributed by atoms with Crippen LogP contribution in [0.4, 0.5) is 0 Å². The third kappa shape index (κ3) is 1.61. The normalized spacial score (nSPS) is 17.4. The third-order valence-electron chi connectivity index (χ3n) is 2.17. The van der Waals surface area contributed by atoms with Gasteiger partial charge in [-0.15, -0.1) is 0 Å². The fraction of sp³-hybridized carbons (Fsp3) is 0.556. The molecule has 1 aliphatic rings. The molecule has 1 aromatic heterocycles. The van der Waals surface area contributed by atoms with Crippen LogP contribution in [0.1, 0.15) is 17.9 Å². The van der Waals surface area contributed by atoms with E-state index in [2.05, 4.69) is 14.9 Å². The highest BCUT2D eigenvalue weighted by Crippen LogP contribution is 2.09. The molecule has 0 unspecified atom stereocenters. The van der Waals surface area contributed by atoms with Crippen LogP contribution in [-0.2, 0) is 6.54 Å². The number of hydrogen-bond donors (Lipinski definition) is 0. The van der Waals surface area contributed by atoms with Gasteiger partial charge in [-0.2, -0.15) is 0 Å². The Morgan fingerprint density at radius 2 is 2.33 bits per heavy atom. The maximum atomic E-state index is 4.34. The predicted molar refractivity (Wildman–Crippen MR) is 46.7 cm³/mol. The fourth-order valence-corrected chi connectivity index (χ4v) is 1.36. The molecule has 2 heterocycles. The van der Waals surface area contributed by atoms with Gasteiger partial charge in [0, 0.05) is 12.7 Å². The van der Waals surface area contributed by atoms with E-state index in [4.69, 9.17) is 0 Å². The Balaban J connectivity index is 2.02. The number of likely N-dealkylation sites (tertiary alicyclic amines) is 1. The molecule has 1 saturated heterocycles. The average molecular weight is 163 g/mol. The van der Waals surface area contributed by atoms with Crippen molar-refractivity contribution in [3.05, 3.63) is 23.8 Å². The van der Waals surface area contributed by atoms with E-state index >= 15 is 0 Å². The predicted octanol–water partition coefficient (Wildman–Crippen LogP) is 0.991. The molecule has 0 saturated carbocycles. The van der Waals surface area contributed by atoms with Crippen molar-refractivity contribution in [2.75, 3.05) is 13.1 Å². The number of aromatic nitrogens is 2. The Morgan fingerprint density at radius 1 is 1.50 bits per heavy atom. The molecule has 12 heavy (non-hydrogen) atoms. The fourth-order valence-electron chi connectivity index (χ4n) is 1.36. The second-order valence-corrected chi connectivity index (χ2v) is 3.22. The minimum absolute atomic E-state index is 0.869. The lowest BCUT2D eigenvalue weighted by Gasteiger charge is -2.30. The molecule has 0 atom stereocenters. The van der Waals surface area contributed by atoms with E-state index in [0.717, 1.165) is 18.1 Å². The highest BCUT2D eigenvalue weighted by Gasteiger charge is 2.13. The van der Waals surface area contributed by atoms with E-state index in [0.29, 0.717) is 0 Å². The number of aryl methyl sites for hydroxylation is 1. The summed E-state index contributed by atoms with van der Waals surface area (Å²) in [6, 6.07) is 1.99. The maximum absolute atomic E-state index is 4.34. The van der Waals surface area contributed by atoms with Gasteiger partial charge in [0.25, 0.3) is 0 Å². The quantitative estimate of drug-likeness (QED) is 0.651. The summed E-state index contributed by atoms with van der Waals surface area (Å²) in [4.78, 5) is 10.8. The standard InChI is InChI=1S/C9H13N3/c1-8-10-4-3-9(11-8)7-12-5-2-6-12/h3-4H,2,5-7H2,1H3. The van der Waals surface area contributed by atoms with Gasteiger partial charge < -0.3 is 0 Å². The average Bonchev–Trinajstić information content (AvgIpc) is 1.97. The number of hydrogen-bond acceptors (Lipinski definition) is 3. The lowest BCUT2D eigenvalue weighted by Crippen LogP contribution is -2.36. The molecule has 0 aromatic carbocycles. The summed E-state index contributed by atoms with van der Waals surface area (Å²) in [6.07, 6.45) is 3.17. The second-order valence-electron chi connectivity index (χ2n) is 3.22. The summed E-state index contributed by atoms with van der Waals surface area (Å²) < 4.78 is 0. The topological polar surface area (TPSA) is 29.0 Å². The van der Waals surface area contributed by atoms with E-state index in [-0.39, 0.29) is 0 Å². The molecule has 64 valence electrons. The highest BCUT2D eigenvalue weighted by atomic mass is 15.2. The summed E-state index contributed by atoms with van der Waals surface area (Å²) in [5.74, 6) is 0.869. The summed E-state index contributed by atoms with van der Waals surface area (Å²) in [5, 5.41) is 0. The Labute approximate surface area is 72.4 Å². The first-order valence-corrected chi connectivity index (χ1v) is 4.35. The molecule has 0 spiro atoms. The maximum Gasteiger partial charge on any atom is 0.125 e. The summed E-state index contributed by atoms with van der Waals surface area (Å²) in [5.41, 5.74) is 1.14. The van der Waals surface area contributed by atoms with Gasteiger partial charge in [-0.3, -0.25) is 4.90 Å². The minimum atomic E-state index is 0.869. The van der Waals surface area contributed by atoms with E-state index in [1.807, 2.05) is 19.2 Å². The Hall–Kier alpha value is -0.960. The van der Waals surface area contributed by atoms with Gasteiger partial charge in [-0.1, -0.05) is 0 Å². The monoisotopic (exact) mass is 163 g/mol. The van der Waals surface area contributed by atoms with E-state index in [9.17, 15) is 0 Å². The summed E-state index contributed by atoms with van der Waals surface area (Å²) >= 11 is 0. The first kappa shape index (κ1) is 7.68. The van der Waals surface area contributed by atoms with Gasteiger partial charge >= 0.3 is 0 Å². The Kier molecular flexibility index (Phi) is 2.04. The molecule has 0 N–H and O–H groups in total. The van der Waals surface area contributed by atoms with Crippen LogP contribution in [0.5, 0.6) is 0 Å². The zero-order valence-corrected chi connectivity index (χ0v) is 7.32. The molecular weight excluding hydrogens is 150 g/mol. The summed E-state index contributed by atoms with van der Waals surface area (Å²) in [6.45, 7) is 5.37. The smallest absolute Gasteiger partial charge is 0.125 e. The van der Waals surface area contributed by atoms with Crippen LogP contribution in [0.3, 0.4) is 0 Å². The second kappa shape index (κ2) is 3.19. The molecular formula is C9H13N3. The molecule has 0 radical (unpaired) electrons. The first-order valence-electron chi connectivity index (χ1n) is 4.35. The molecule has 0 amide bonds. The van der Waals surface area contributed by atoms with Crippen molar-refractivity contribution < 1.29 is 0 Å². The molecule has 1 aromatic rings. The molecule has 1 fully saturated rings. The van der Waals surface area contributed by atoms with Gasteiger partial charge in [-0.25, -0.2) is 9.97 Å². The van der Waals surface area contributed by atoms with Crippen molar-refractivity contribution in [1.29, 1.82) is 0 Å². The van der Waals surface area contributed by atoms with Gasteiger partial charge in [0.15, 0.2) is 0 Å². The van der Waals surface area contributed by atoms with Gasteiger partial charge in [0.05, 0.1) is 5.69 Å². The molecule has 3 heteroatoms. The first-order chi connectivity index (χ1) is 5.84. The number of nitrogens with zero attached hydrogens (tertiary/aromatic N) is 3. The van der Waals surface area contributed by atoms with Gasteiger partial charge in [0.2, 0.25) is 0 Å². The van der Waals surface area contributed by atoms with Crippen LogP contribution in [0, 0.1) is 6.92 Å². The largest absolute Gasteiger partial charge is 0.297 e. The summed E-state index contributed by atoms with van der Waals surface area (Å²) in [7, 11) is 0. The van der Waals surface area contributed by atoms with Crippen molar-refractivity contribution in [2.24, 2.45) is 0 Å². The van der Waals surface area contributed by atoms with Gasteiger partial charge in [0.1, 0.15) is 5.82 Å². The van der Waals surface area contributed by atoms with Crippen molar-refractivity contribution in [2.45, 2.75) is 19.9 Å². The van der Waals surface area contributed by atoms with Crippen molar-refractivity contribution in [3.8, 4) is 0 Å². The molecule has 3 nitrogen and oxygen atoms in total. The van der Waals surface area contributed by atoms with Crippen molar-refractivity contribution >= 4 is 0 Å². The van der Waals surface area contributed by atoms with E-state index in [1.54, 1.807) is 0 Å². The molecule has 0 aliphatic carbocycles. The van der Waals surface area contributed by atoms with Crippen molar-refractivity contribution in [3.63, 3.8) is 0 Å². The third-order valence-corrected chi connectivity index (χ3v) is 2.17. The van der Waals surface area contributed by atoms with Gasteiger partial charge in [-0.05, 0) is 32.5 Å². The van der Waals surface area contributed by atoms with E-state index in [1.165, 1.54) is 19.5 Å². The Morgan fingerprint density at radius 3 is 2.92 bits per heavy atom. The number of rotatable bonds is 2. The van der Waals surface area contributed by atoms with Crippen LogP contribution in [-0.4, -0.2) is 28.0 Å². The minimum Gasteiger partial charge on any atom is -0.297 e. The highest BCUT2D eigenvalue weighted by molar-refractivity contribution is 5.01. The van der Waals surface area contributed by atoms with Crippen LogP contribution in [0.15, 0.2) is 12.3 Å². The molecule has 1 aliphatic heterocycles. The lowest BCUT2D eigenvalue weighted by molar-refractivity contribution is 0.170.